The average Bonchev–Trinajstić information content (AvgIpc) is 2.04. The van der Waals surface area contributed by atoms with Crippen LogP contribution in [0.15, 0.2) is 18.2 Å². The monoisotopic (exact) mass is 182 g/mol. The van der Waals surface area contributed by atoms with Gasteiger partial charge in [0, 0.05) is 6.42 Å². The average molecular weight is 182 g/mol. The third-order valence-corrected chi connectivity index (χ3v) is 1.66. The molecule has 1 aromatic rings. The number of nitrogens with two attached hydrogens (primary N) is 1. The first-order chi connectivity index (χ1) is 6.16. The van der Waals surface area contributed by atoms with Gasteiger partial charge in [-0.2, -0.15) is 0 Å². The number of hydrogen-bond acceptors (Lipinski definition) is 2. The third-order valence-electron chi connectivity index (χ3n) is 1.66. The Labute approximate surface area is 75.0 Å². The molecule has 1 amide bonds. The van der Waals surface area contributed by atoms with Gasteiger partial charge >= 0.3 is 0 Å². The van der Waals surface area contributed by atoms with E-state index in [-0.39, 0.29) is 12.0 Å². The number of halogens is 1. The zero-order chi connectivity index (χ0) is 9.84. The molecule has 0 unspecified atom stereocenters. The number of aliphatic hydroxyl groups is 1. The number of hydrogen-bond donors (Lipinski definition) is 2. The van der Waals surface area contributed by atoms with Gasteiger partial charge in [0.05, 0.1) is 12.2 Å². The van der Waals surface area contributed by atoms with Crippen molar-refractivity contribution in [3.8, 4) is 0 Å². The van der Waals surface area contributed by atoms with Crippen LogP contribution in [0.3, 0.4) is 0 Å². The second-order valence-electron chi connectivity index (χ2n) is 2.52. The molecule has 0 saturated carbocycles. The lowest BCUT2D eigenvalue weighted by Gasteiger charge is -2.04. The highest BCUT2D eigenvalue weighted by Gasteiger charge is 2.12. The zero-order valence-corrected chi connectivity index (χ0v) is 6.83. The predicted octanol–water partition coefficient (Wildman–Crippen LogP) is 1.00. The molecule has 0 aliphatic rings. The third kappa shape index (κ3) is 2.03. The van der Waals surface area contributed by atoms with Crippen molar-refractivity contribution < 1.29 is 14.3 Å². The van der Waals surface area contributed by atoms with E-state index >= 15 is 0 Å². The highest BCUT2D eigenvalue weighted by Crippen LogP contribution is 2.13. The molecule has 1 aromatic carbocycles. The van der Waals surface area contributed by atoms with E-state index in [9.17, 15) is 9.18 Å². The zero-order valence-electron chi connectivity index (χ0n) is 6.83. The number of aliphatic hydroxyl groups excluding tert-OH is 1. The Morgan fingerprint density at radius 1 is 1.62 bits per heavy atom. The van der Waals surface area contributed by atoms with E-state index in [0.29, 0.717) is 5.56 Å². The maximum atomic E-state index is 13.0. The number of rotatable bonds is 3. The lowest BCUT2D eigenvalue weighted by Crippen LogP contribution is -2.16. The summed E-state index contributed by atoms with van der Waals surface area (Å²) in [6.45, 7) is 0.848. The van der Waals surface area contributed by atoms with Gasteiger partial charge in [0.25, 0.3) is 5.91 Å². The molecule has 1 radical (unpaired) electrons. The number of carbonyl (C=O) groups is 1. The highest BCUT2D eigenvalue weighted by atomic mass is 19.1. The summed E-state index contributed by atoms with van der Waals surface area (Å²) in [6, 6.07) is 4.15. The molecule has 0 aromatic heterocycles. The highest BCUT2D eigenvalue weighted by molar-refractivity contribution is 5.94. The maximum absolute atomic E-state index is 13.0. The molecule has 69 valence electrons. The van der Waals surface area contributed by atoms with E-state index in [1.165, 1.54) is 12.1 Å². The van der Waals surface area contributed by atoms with Crippen molar-refractivity contribution in [3.05, 3.63) is 41.8 Å². The van der Waals surface area contributed by atoms with Gasteiger partial charge in [-0.25, -0.2) is 4.39 Å². The molecule has 1 rings (SSSR count). The Bertz CT molecular complexity index is 325. The lowest BCUT2D eigenvalue weighted by molar-refractivity contribution is 0.0995. The quantitative estimate of drug-likeness (QED) is 0.732. The van der Waals surface area contributed by atoms with Crippen LogP contribution in [-0.4, -0.2) is 11.0 Å². The fourth-order valence-electron chi connectivity index (χ4n) is 1.11. The molecule has 3 nitrogen and oxygen atoms in total. The summed E-state index contributed by atoms with van der Waals surface area (Å²) in [4.78, 5) is 10.8. The Balaban J connectivity index is 3.17. The van der Waals surface area contributed by atoms with Gasteiger partial charge in [0.1, 0.15) is 5.82 Å². The Morgan fingerprint density at radius 2 is 2.31 bits per heavy atom. The van der Waals surface area contributed by atoms with Crippen molar-refractivity contribution in [3.63, 3.8) is 0 Å². The fraction of sp³-hybridized carbons (Fsp3) is 0.111. The Kier molecular flexibility index (Phi) is 2.97. The number of primary amides is 1. The van der Waals surface area contributed by atoms with Gasteiger partial charge in [-0.05, 0) is 11.6 Å². The minimum absolute atomic E-state index is 0.107. The molecule has 0 fully saturated rings. The number of carbonyl (C=O) groups excluding carboxylic acids is 1. The first-order valence-corrected chi connectivity index (χ1v) is 3.70. The van der Waals surface area contributed by atoms with E-state index in [0.717, 1.165) is 12.7 Å². The second-order valence-corrected chi connectivity index (χ2v) is 2.52. The summed E-state index contributed by atoms with van der Waals surface area (Å²) in [6.07, 6.45) is 0.107. The van der Waals surface area contributed by atoms with Crippen LogP contribution in [0.1, 0.15) is 15.9 Å². The van der Waals surface area contributed by atoms with Gasteiger partial charge in [-0.15, -0.1) is 0 Å². The van der Waals surface area contributed by atoms with Gasteiger partial charge in [0.2, 0.25) is 0 Å². The van der Waals surface area contributed by atoms with Crippen LogP contribution in [0, 0.1) is 12.4 Å². The Morgan fingerprint density at radius 3 is 2.85 bits per heavy atom. The molecule has 0 atom stereocenters. The topological polar surface area (TPSA) is 63.3 Å². The minimum Gasteiger partial charge on any atom is -0.390 e. The van der Waals surface area contributed by atoms with Crippen LogP contribution in [0.2, 0.25) is 0 Å². The van der Waals surface area contributed by atoms with Crippen molar-refractivity contribution >= 4 is 5.91 Å². The summed E-state index contributed by atoms with van der Waals surface area (Å²) in [7, 11) is 0. The van der Waals surface area contributed by atoms with Crippen molar-refractivity contribution in [2.75, 3.05) is 0 Å². The van der Waals surface area contributed by atoms with Gasteiger partial charge in [0.15, 0.2) is 0 Å². The van der Waals surface area contributed by atoms with E-state index < -0.39 is 11.7 Å². The summed E-state index contributed by atoms with van der Waals surface area (Å²) in [5, 5.41) is 8.52. The summed E-state index contributed by atoms with van der Waals surface area (Å²) in [5.41, 5.74) is 5.20. The largest absolute Gasteiger partial charge is 0.390 e. The van der Waals surface area contributed by atoms with Gasteiger partial charge < -0.3 is 10.8 Å². The van der Waals surface area contributed by atoms with E-state index in [4.69, 9.17) is 10.8 Å². The molecule has 0 aliphatic carbocycles. The molecular weight excluding hydrogens is 173 g/mol. The van der Waals surface area contributed by atoms with Crippen LogP contribution >= 0.6 is 0 Å². The molecule has 3 N–H and O–H groups in total. The summed E-state index contributed by atoms with van der Waals surface area (Å²) < 4.78 is 13.0. The van der Waals surface area contributed by atoms with Crippen molar-refractivity contribution in [2.45, 2.75) is 6.42 Å². The van der Waals surface area contributed by atoms with E-state index in [2.05, 4.69) is 0 Å². The smallest absolute Gasteiger partial charge is 0.251 e. The number of benzene rings is 1. The first kappa shape index (κ1) is 9.67. The van der Waals surface area contributed by atoms with E-state index in [1.807, 2.05) is 0 Å². The van der Waals surface area contributed by atoms with Crippen LogP contribution < -0.4 is 5.73 Å². The van der Waals surface area contributed by atoms with Crippen LogP contribution in [0.5, 0.6) is 0 Å². The molecular formula is C9H9FNO2. The summed E-state index contributed by atoms with van der Waals surface area (Å²) >= 11 is 0. The Hall–Kier alpha value is -1.42. The maximum Gasteiger partial charge on any atom is 0.251 e. The molecule has 0 saturated heterocycles. The predicted molar refractivity (Wildman–Crippen MR) is 44.9 cm³/mol. The molecule has 4 heteroatoms. The van der Waals surface area contributed by atoms with Crippen LogP contribution in [0.25, 0.3) is 0 Å². The van der Waals surface area contributed by atoms with Crippen molar-refractivity contribution in [1.29, 1.82) is 0 Å². The minimum atomic E-state index is -0.824. The number of amides is 1. The lowest BCUT2D eigenvalue weighted by atomic mass is 10.0. The normalized spacial score (nSPS) is 10.0. The van der Waals surface area contributed by atoms with Crippen molar-refractivity contribution in [1.82, 2.24) is 0 Å². The fourth-order valence-corrected chi connectivity index (χ4v) is 1.11. The second kappa shape index (κ2) is 4.00. The molecule has 0 heterocycles. The van der Waals surface area contributed by atoms with Crippen LogP contribution in [-0.2, 0) is 6.42 Å². The SMILES string of the molecule is NC(=O)c1c(F)cccc1C[CH]O. The van der Waals surface area contributed by atoms with E-state index in [1.54, 1.807) is 0 Å². The first-order valence-electron chi connectivity index (χ1n) is 3.70. The molecule has 0 bridgehead atoms. The van der Waals surface area contributed by atoms with Crippen LogP contribution in [0.4, 0.5) is 4.39 Å². The van der Waals surface area contributed by atoms with Gasteiger partial charge in [-0.1, -0.05) is 12.1 Å². The van der Waals surface area contributed by atoms with Crippen molar-refractivity contribution in [2.24, 2.45) is 5.73 Å². The van der Waals surface area contributed by atoms with Gasteiger partial charge in [-0.3, -0.25) is 4.79 Å². The standard InChI is InChI=1S/C9H9FNO2/c10-7-3-1-2-6(4-5-12)8(7)9(11)13/h1-3,5,12H,4H2,(H2,11,13). The molecule has 0 aliphatic heterocycles. The molecule has 13 heavy (non-hydrogen) atoms. The molecule has 0 spiro atoms. The summed E-state index contributed by atoms with van der Waals surface area (Å²) in [5.74, 6) is -1.48.